The fourth-order valence-corrected chi connectivity index (χ4v) is 5.00. The number of aromatic nitrogens is 10. The summed E-state index contributed by atoms with van der Waals surface area (Å²) in [6, 6.07) is 12.8. The van der Waals surface area contributed by atoms with Gasteiger partial charge in [-0.1, -0.05) is 31.2 Å². The van der Waals surface area contributed by atoms with E-state index in [1.165, 1.54) is 42.0 Å². The highest BCUT2D eigenvalue weighted by Crippen LogP contribution is 2.39. The van der Waals surface area contributed by atoms with Crippen LogP contribution in [0.5, 0.6) is 0 Å². The Morgan fingerprint density at radius 3 is 2.12 bits per heavy atom. The summed E-state index contributed by atoms with van der Waals surface area (Å²) in [7, 11) is 0. The number of nitrogens with one attached hydrogen (secondary N) is 2. The van der Waals surface area contributed by atoms with Crippen LogP contribution in [0.3, 0.4) is 0 Å². The third kappa shape index (κ3) is 3.59. The summed E-state index contributed by atoms with van der Waals surface area (Å²) < 4.78 is 16.5. The van der Waals surface area contributed by atoms with Gasteiger partial charge in [0.15, 0.2) is 22.9 Å². The minimum absolute atomic E-state index is 0.0903. The zero-order valence-electron chi connectivity index (χ0n) is 21.0. The third-order valence-corrected chi connectivity index (χ3v) is 6.75. The van der Waals surface area contributed by atoms with Crippen molar-refractivity contribution in [2.24, 2.45) is 0 Å². The number of rotatable bonds is 6. The highest BCUT2D eigenvalue weighted by atomic mass is 19.1. The lowest BCUT2D eigenvalue weighted by Gasteiger charge is -2.32. The van der Waals surface area contributed by atoms with E-state index in [0.29, 0.717) is 51.9 Å². The SMILES string of the molecule is CC[C@@H](c1nc2cccc(F)c2c(=O)n1-c1ccccc1)N(c1ncnc2nc[nH]c12)c1ncnc2nc[nH]c12. The smallest absolute Gasteiger partial charge is 0.269 e. The van der Waals surface area contributed by atoms with Gasteiger partial charge in [0, 0.05) is 0 Å². The van der Waals surface area contributed by atoms with Gasteiger partial charge in [-0.2, -0.15) is 0 Å². The first kappa shape index (κ1) is 23.5. The number of para-hydroxylation sites is 1. The largest absolute Gasteiger partial charge is 0.340 e. The Bertz CT molecular complexity index is 1990. The quantitative estimate of drug-likeness (QED) is 0.322. The molecule has 0 spiro atoms. The van der Waals surface area contributed by atoms with Crippen LogP contribution in [0, 0.1) is 5.82 Å². The predicted octanol–water partition coefficient (Wildman–Crippen LogP) is 4.15. The van der Waals surface area contributed by atoms with Crippen molar-refractivity contribution in [3.8, 4) is 5.69 Å². The van der Waals surface area contributed by atoms with Gasteiger partial charge in [-0.05, 0) is 30.7 Å². The van der Waals surface area contributed by atoms with Crippen molar-refractivity contribution in [2.45, 2.75) is 19.4 Å². The van der Waals surface area contributed by atoms with E-state index in [1.807, 2.05) is 30.0 Å². The van der Waals surface area contributed by atoms with Gasteiger partial charge in [-0.25, -0.2) is 39.3 Å². The topological polar surface area (TPSA) is 147 Å². The minimum atomic E-state index is -0.638. The summed E-state index contributed by atoms with van der Waals surface area (Å²) in [6.45, 7) is 1.96. The van der Waals surface area contributed by atoms with E-state index >= 15 is 4.39 Å². The van der Waals surface area contributed by atoms with Gasteiger partial charge < -0.3 is 9.97 Å². The molecule has 7 aromatic rings. The summed E-state index contributed by atoms with van der Waals surface area (Å²) in [5, 5.41) is -0.0903. The molecular formula is C27H20FN11O. The summed E-state index contributed by atoms with van der Waals surface area (Å²) in [5.74, 6) is 0.643. The molecule has 13 heteroatoms. The van der Waals surface area contributed by atoms with E-state index in [0.717, 1.165) is 0 Å². The fourth-order valence-electron chi connectivity index (χ4n) is 5.00. The molecule has 7 rings (SSSR count). The van der Waals surface area contributed by atoms with Crippen molar-refractivity contribution in [2.75, 3.05) is 4.90 Å². The van der Waals surface area contributed by atoms with E-state index in [-0.39, 0.29) is 10.9 Å². The molecule has 0 fully saturated rings. The average Bonchev–Trinajstić information content (AvgIpc) is 3.66. The number of halogens is 1. The first-order valence-electron chi connectivity index (χ1n) is 12.5. The van der Waals surface area contributed by atoms with Crippen LogP contribution in [0.15, 0.2) is 78.6 Å². The first-order valence-corrected chi connectivity index (χ1v) is 12.5. The highest BCUT2D eigenvalue weighted by molar-refractivity contribution is 5.91. The summed E-state index contributed by atoms with van der Waals surface area (Å²) >= 11 is 0. The molecule has 12 nitrogen and oxygen atoms in total. The molecule has 0 saturated carbocycles. The van der Waals surface area contributed by atoms with E-state index in [2.05, 4.69) is 39.9 Å². The molecule has 40 heavy (non-hydrogen) atoms. The zero-order chi connectivity index (χ0) is 27.2. The maximum Gasteiger partial charge on any atom is 0.269 e. The number of hydrogen-bond acceptors (Lipinski definition) is 9. The molecule has 2 aromatic carbocycles. The Kier molecular flexibility index (Phi) is 5.47. The molecule has 5 aromatic heterocycles. The molecular weight excluding hydrogens is 513 g/mol. The zero-order valence-corrected chi connectivity index (χ0v) is 21.0. The third-order valence-electron chi connectivity index (χ3n) is 6.75. The van der Waals surface area contributed by atoms with Gasteiger partial charge in [0.25, 0.3) is 5.56 Å². The molecule has 0 amide bonds. The Morgan fingerprint density at radius 2 is 1.50 bits per heavy atom. The van der Waals surface area contributed by atoms with Gasteiger partial charge in [0.2, 0.25) is 0 Å². The number of H-pyrrole nitrogens is 2. The van der Waals surface area contributed by atoms with Crippen molar-refractivity contribution < 1.29 is 4.39 Å². The first-order chi connectivity index (χ1) is 19.7. The van der Waals surface area contributed by atoms with E-state index in [9.17, 15) is 4.79 Å². The van der Waals surface area contributed by atoms with Gasteiger partial charge in [0.05, 0.1) is 29.9 Å². The molecule has 0 bridgehead atoms. The van der Waals surface area contributed by atoms with Crippen molar-refractivity contribution in [3.05, 3.63) is 95.8 Å². The molecule has 0 aliphatic carbocycles. The standard InChI is InChI=1S/C27H20FN11O/c1-2-18(24-37-17-10-6-9-16(28)19(17)27(40)38(24)15-7-4-3-5-8-15)39(25-20-22(31-11-29-20)33-13-35-25)26-21-23(32-12-30-21)34-14-36-26/h3-14,18H,2H2,1H3,(H,29,31,33,35)(H,30,32,34,36)/t18-/m0/s1. The number of benzene rings is 2. The number of hydrogen-bond donors (Lipinski definition) is 2. The van der Waals surface area contributed by atoms with E-state index in [4.69, 9.17) is 4.98 Å². The second-order valence-corrected chi connectivity index (χ2v) is 8.97. The van der Waals surface area contributed by atoms with E-state index in [1.54, 1.807) is 18.2 Å². The van der Waals surface area contributed by atoms with Crippen molar-refractivity contribution in [1.29, 1.82) is 0 Å². The number of nitrogens with zero attached hydrogens (tertiary/aromatic N) is 9. The van der Waals surface area contributed by atoms with Gasteiger partial charge >= 0.3 is 0 Å². The summed E-state index contributed by atoms with van der Waals surface area (Å²) in [6.07, 6.45) is 6.35. The molecule has 5 heterocycles. The lowest BCUT2D eigenvalue weighted by Crippen LogP contribution is -2.33. The van der Waals surface area contributed by atoms with Gasteiger partial charge in [0.1, 0.15) is 40.7 Å². The maximum atomic E-state index is 15.0. The Balaban J connectivity index is 1.59. The lowest BCUT2D eigenvalue weighted by molar-refractivity contribution is 0.595. The van der Waals surface area contributed by atoms with Crippen molar-refractivity contribution in [1.82, 2.24) is 49.4 Å². The molecule has 0 aliphatic rings. The molecule has 1 atom stereocenters. The van der Waals surface area contributed by atoms with Crippen LogP contribution in [0.2, 0.25) is 0 Å². The number of fused-ring (bicyclic) bond motifs is 3. The van der Waals surface area contributed by atoms with E-state index < -0.39 is 17.4 Å². The Morgan fingerprint density at radius 1 is 0.850 bits per heavy atom. The van der Waals surface area contributed by atoms with Crippen LogP contribution in [0.25, 0.3) is 38.9 Å². The maximum absolute atomic E-state index is 15.0. The number of aromatic amines is 2. The predicted molar refractivity (Wildman–Crippen MR) is 146 cm³/mol. The number of imidazole rings is 2. The van der Waals surface area contributed by atoms with Crippen LogP contribution >= 0.6 is 0 Å². The van der Waals surface area contributed by atoms with Crippen LogP contribution in [-0.2, 0) is 0 Å². The summed E-state index contributed by atoms with van der Waals surface area (Å²) in [4.78, 5) is 53.4. The number of anilines is 2. The molecule has 0 saturated heterocycles. The Labute approximate surface area is 224 Å². The average molecular weight is 534 g/mol. The van der Waals surface area contributed by atoms with Gasteiger partial charge in [-0.15, -0.1) is 0 Å². The molecule has 0 aliphatic heterocycles. The van der Waals surface area contributed by atoms with Crippen LogP contribution in [-0.4, -0.2) is 49.4 Å². The summed E-state index contributed by atoms with van der Waals surface area (Å²) in [5.41, 5.74) is 2.30. The van der Waals surface area contributed by atoms with Gasteiger partial charge in [-0.3, -0.25) is 14.3 Å². The monoisotopic (exact) mass is 533 g/mol. The molecule has 2 N–H and O–H groups in total. The minimum Gasteiger partial charge on any atom is -0.340 e. The molecule has 0 radical (unpaired) electrons. The van der Waals surface area contributed by atoms with Crippen molar-refractivity contribution >= 4 is 44.9 Å². The van der Waals surface area contributed by atoms with Crippen LogP contribution < -0.4 is 10.5 Å². The molecule has 0 unspecified atom stereocenters. The highest BCUT2D eigenvalue weighted by Gasteiger charge is 2.32. The van der Waals surface area contributed by atoms with Crippen molar-refractivity contribution in [3.63, 3.8) is 0 Å². The second-order valence-electron chi connectivity index (χ2n) is 8.97. The lowest BCUT2D eigenvalue weighted by atomic mass is 10.1. The Hall–Kier alpha value is -5.59. The van der Waals surface area contributed by atoms with Crippen LogP contribution in [0.1, 0.15) is 25.2 Å². The fraction of sp³-hybridized carbons (Fsp3) is 0.111. The normalized spacial score (nSPS) is 12.3. The second kappa shape index (κ2) is 9.31. The molecule has 196 valence electrons. The van der Waals surface area contributed by atoms with Crippen LogP contribution in [0.4, 0.5) is 16.0 Å².